The molecule has 0 spiro atoms. The van der Waals surface area contributed by atoms with Crippen molar-refractivity contribution in [2.24, 2.45) is 0 Å². The van der Waals surface area contributed by atoms with Gasteiger partial charge in [-0.2, -0.15) is 0 Å². The van der Waals surface area contributed by atoms with E-state index < -0.39 is 12.1 Å². The second-order valence-electron chi connectivity index (χ2n) is 6.23. The number of ether oxygens (including phenoxy) is 2. The molecule has 3 aromatic rings. The van der Waals surface area contributed by atoms with E-state index in [0.29, 0.717) is 10.6 Å². The van der Waals surface area contributed by atoms with Crippen molar-refractivity contribution in [1.29, 1.82) is 0 Å². The van der Waals surface area contributed by atoms with Gasteiger partial charge in [0.2, 0.25) is 0 Å². The summed E-state index contributed by atoms with van der Waals surface area (Å²) in [6.45, 7) is 3.79. The fourth-order valence-corrected chi connectivity index (χ4v) is 3.41. The number of aliphatic hydroxyl groups is 1. The van der Waals surface area contributed by atoms with Crippen LogP contribution in [0.5, 0.6) is 5.75 Å². The van der Waals surface area contributed by atoms with E-state index in [-0.39, 0.29) is 6.61 Å². The third kappa shape index (κ3) is 3.77. The van der Waals surface area contributed by atoms with Crippen LogP contribution in [0.2, 0.25) is 5.02 Å². The molecule has 0 heterocycles. The zero-order valence-electron chi connectivity index (χ0n) is 15.5. The fourth-order valence-electron chi connectivity index (χ4n) is 3.29. The van der Waals surface area contributed by atoms with E-state index in [1.807, 2.05) is 43.3 Å². The Morgan fingerprint density at radius 2 is 1.85 bits per heavy atom. The summed E-state index contributed by atoms with van der Waals surface area (Å²) in [6, 6.07) is 15.0. The Bertz CT molecular complexity index is 980. The lowest BCUT2D eigenvalue weighted by atomic mass is 9.87. The molecule has 0 aliphatic heterocycles. The van der Waals surface area contributed by atoms with Crippen molar-refractivity contribution in [2.45, 2.75) is 20.0 Å². The summed E-state index contributed by atoms with van der Waals surface area (Å²) >= 11 is 6.04. The van der Waals surface area contributed by atoms with E-state index in [1.54, 1.807) is 26.2 Å². The summed E-state index contributed by atoms with van der Waals surface area (Å²) in [7, 11) is 1.62. The first-order valence-electron chi connectivity index (χ1n) is 8.68. The second kappa shape index (κ2) is 7.99. The van der Waals surface area contributed by atoms with Crippen LogP contribution in [0.3, 0.4) is 0 Å². The van der Waals surface area contributed by atoms with Crippen LogP contribution in [0.15, 0.2) is 48.5 Å². The molecule has 4 nitrogen and oxygen atoms in total. The maximum absolute atomic E-state index is 12.3. The lowest BCUT2D eigenvalue weighted by Gasteiger charge is -2.20. The van der Waals surface area contributed by atoms with Gasteiger partial charge in [-0.3, -0.25) is 0 Å². The summed E-state index contributed by atoms with van der Waals surface area (Å²) in [5.41, 5.74) is 2.97. The number of benzene rings is 3. The van der Waals surface area contributed by atoms with E-state index >= 15 is 0 Å². The molecule has 1 unspecified atom stereocenters. The summed E-state index contributed by atoms with van der Waals surface area (Å²) in [6.07, 6.45) is -1.37. The van der Waals surface area contributed by atoms with Gasteiger partial charge < -0.3 is 14.6 Å². The van der Waals surface area contributed by atoms with E-state index in [9.17, 15) is 9.90 Å². The Kier molecular flexibility index (Phi) is 5.68. The molecule has 0 fully saturated rings. The number of carbonyl (C=O) groups is 1. The van der Waals surface area contributed by atoms with Crippen molar-refractivity contribution >= 4 is 28.3 Å². The predicted molar refractivity (Wildman–Crippen MR) is 107 cm³/mol. The highest BCUT2D eigenvalue weighted by Gasteiger charge is 2.26. The summed E-state index contributed by atoms with van der Waals surface area (Å²) in [5, 5.41) is 13.2. The molecule has 1 atom stereocenters. The molecule has 5 heteroatoms. The van der Waals surface area contributed by atoms with Crippen LogP contribution >= 0.6 is 11.6 Å². The quantitative estimate of drug-likeness (QED) is 0.623. The van der Waals surface area contributed by atoms with Gasteiger partial charge in [-0.05, 0) is 65.6 Å². The highest BCUT2D eigenvalue weighted by Crippen LogP contribution is 2.39. The minimum absolute atomic E-state index is 0.204. The molecule has 0 amide bonds. The Labute approximate surface area is 163 Å². The minimum Gasteiger partial charge on any atom is -0.497 e. The topological polar surface area (TPSA) is 55.8 Å². The van der Waals surface area contributed by atoms with E-state index in [0.717, 1.165) is 33.2 Å². The predicted octanol–water partition coefficient (Wildman–Crippen LogP) is 5.07. The number of hydrogen-bond acceptors (Lipinski definition) is 4. The van der Waals surface area contributed by atoms with Gasteiger partial charge in [0.1, 0.15) is 5.75 Å². The maximum atomic E-state index is 12.3. The molecule has 0 aromatic heterocycles. The molecule has 0 aliphatic rings. The number of aryl methyl sites for hydroxylation is 1. The van der Waals surface area contributed by atoms with Gasteiger partial charge in [-0.1, -0.05) is 35.9 Å². The standard InChI is InChI=1S/C22H21ClO4/c1-4-27-22(25)21(24)19-13(2)11-15-12-17(26-3)9-10-18(15)20(19)14-5-7-16(23)8-6-14/h5-12,21,24H,4H2,1-3H3. The first-order valence-corrected chi connectivity index (χ1v) is 9.06. The summed E-state index contributed by atoms with van der Waals surface area (Å²) in [4.78, 5) is 12.3. The Hall–Kier alpha value is -2.56. The highest BCUT2D eigenvalue weighted by molar-refractivity contribution is 6.30. The third-order valence-corrected chi connectivity index (χ3v) is 4.76. The number of hydrogen-bond donors (Lipinski definition) is 1. The first kappa shape index (κ1) is 19.2. The first-order chi connectivity index (χ1) is 13.0. The van der Waals surface area contributed by atoms with Crippen LogP contribution < -0.4 is 4.74 Å². The van der Waals surface area contributed by atoms with Gasteiger partial charge in [0.15, 0.2) is 6.10 Å². The number of halogens is 1. The molecule has 0 saturated carbocycles. The monoisotopic (exact) mass is 384 g/mol. The largest absolute Gasteiger partial charge is 0.497 e. The lowest BCUT2D eigenvalue weighted by molar-refractivity contribution is -0.153. The van der Waals surface area contributed by atoms with Crippen molar-refractivity contribution in [1.82, 2.24) is 0 Å². The number of methoxy groups -OCH3 is 1. The number of carbonyl (C=O) groups excluding carboxylic acids is 1. The van der Waals surface area contributed by atoms with Gasteiger partial charge in [0.05, 0.1) is 13.7 Å². The zero-order valence-corrected chi connectivity index (χ0v) is 16.2. The molecular weight excluding hydrogens is 364 g/mol. The molecule has 27 heavy (non-hydrogen) atoms. The Morgan fingerprint density at radius 1 is 1.15 bits per heavy atom. The normalized spacial score (nSPS) is 12.0. The molecule has 0 aliphatic carbocycles. The van der Waals surface area contributed by atoms with Crippen LogP contribution in [0.4, 0.5) is 0 Å². The van der Waals surface area contributed by atoms with Crippen LogP contribution in [0.1, 0.15) is 24.2 Å². The van der Waals surface area contributed by atoms with E-state index in [1.165, 1.54) is 0 Å². The second-order valence-corrected chi connectivity index (χ2v) is 6.67. The molecule has 1 N–H and O–H groups in total. The Balaban J connectivity index is 2.33. The van der Waals surface area contributed by atoms with Crippen LogP contribution in [-0.4, -0.2) is 24.8 Å². The van der Waals surface area contributed by atoms with Crippen molar-refractivity contribution in [3.8, 4) is 16.9 Å². The number of fused-ring (bicyclic) bond motifs is 1. The maximum Gasteiger partial charge on any atom is 0.339 e. The van der Waals surface area contributed by atoms with Gasteiger partial charge in [0, 0.05) is 10.6 Å². The average Bonchev–Trinajstić information content (AvgIpc) is 2.66. The lowest BCUT2D eigenvalue weighted by Crippen LogP contribution is -2.17. The summed E-state index contributed by atoms with van der Waals surface area (Å²) < 4.78 is 10.4. The minimum atomic E-state index is -1.37. The Morgan fingerprint density at radius 3 is 2.48 bits per heavy atom. The molecule has 3 rings (SSSR count). The summed E-state index contributed by atoms with van der Waals surface area (Å²) in [5.74, 6) is 0.0753. The SMILES string of the molecule is CCOC(=O)C(O)c1c(C)cc2cc(OC)ccc2c1-c1ccc(Cl)cc1. The van der Waals surface area contributed by atoms with Crippen molar-refractivity contribution < 1.29 is 19.4 Å². The van der Waals surface area contributed by atoms with Gasteiger partial charge >= 0.3 is 5.97 Å². The van der Waals surface area contributed by atoms with Gasteiger partial charge in [-0.15, -0.1) is 0 Å². The molecule has 3 aromatic carbocycles. The molecule has 0 bridgehead atoms. The highest BCUT2D eigenvalue weighted by atomic mass is 35.5. The van der Waals surface area contributed by atoms with Crippen LogP contribution in [-0.2, 0) is 9.53 Å². The third-order valence-electron chi connectivity index (χ3n) is 4.51. The van der Waals surface area contributed by atoms with E-state index in [2.05, 4.69) is 0 Å². The molecular formula is C22H21ClO4. The molecule has 0 radical (unpaired) electrons. The number of rotatable bonds is 5. The zero-order chi connectivity index (χ0) is 19.6. The van der Waals surface area contributed by atoms with E-state index in [4.69, 9.17) is 21.1 Å². The van der Waals surface area contributed by atoms with Crippen molar-refractivity contribution in [3.05, 3.63) is 64.7 Å². The molecule has 140 valence electrons. The number of aliphatic hydroxyl groups excluding tert-OH is 1. The van der Waals surface area contributed by atoms with Crippen LogP contribution in [0, 0.1) is 6.92 Å². The van der Waals surface area contributed by atoms with Gasteiger partial charge in [0.25, 0.3) is 0 Å². The number of esters is 1. The average molecular weight is 385 g/mol. The van der Waals surface area contributed by atoms with Crippen molar-refractivity contribution in [2.75, 3.05) is 13.7 Å². The van der Waals surface area contributed by atoms with Gasteiger partial charge in [-0.25, -0.2) is 4.79 Å². The van der Waals surface area contributed by atoms with Crippen LogP contribution in [0.25, 0.3) is 21.9 Å². The smallest absolute Gasteiger partial charge is 0.339 e. The molecule has 0 saturated heterocycles. The van der Waals surface area contributed by atoms with Crippen molar-refractivity contribution in [3.63, 3.8) is 0 Å². The fraction of sp³-hybridized carbons (Fsp3) is 0.227.